The smallest absolute Gasteiger partial charge is 0.238 e. The van der Waals surface area contributed by atoms with Gasteiger partial charge in [0.2, 0.25) is 5.91 Å². The topological polar surface area (TPSA) is 41.1 Å². The van der Waals surface area contributed by atoms with Crippen molar-refractivity contribution < 1.29 is 4.79 Å². The Morgan fingerprint density at radius 3 is 2.76 bits per heavy atom. The third kappa shape index (κ3) is 5.02. The Balaban J connectivity index is 2.50. The number of rotatable bonds is 5. The van der Waals surface area contributed by atoms with Gasteiger partial charge in [-0.25, -0.2) is 0 Å². The number of halogens is 1. The minimum atomic E-state index is -0.0865. The third-order valence-electron chi connectivity index (χ3n) is 2.19. The second kappa shape index (κ2) is 6.42. The summed E-state index contributed by atoms with van der Waals surface area (Å²) in [5.41, 5.74) is 2.74. The molecule has 0 saturated carbocycles. The molecule has 0 atom stereocenters. The van der Waals surface area contributed by atoms with Gasteiger partial charge in [0.05, 0.1) is 6.54 Å². The highest BCUT2D eigenvalue weighted by Crippen LogP contribution is 2.19. The van der Waals surface area contributed by atoms with E-state index in [0.29, 0.717) is 11.6 Å². The normalized spacial score (nSPS) is 10.1. The predicted octanol–water partition coefficient (Wildman–Crippen LogP) is 2.75. The molecule has 17 heavy (non-hydrogen) atoms. The summed E-state index contributed by atoms with van der Waals surface area (Å²) < 4.78 is 0. The molecule has 0 fully saturated rings. The molecule has 0 unspecified atom stereocenters. The van der Waals surface area contributed by atoms with Gasteiger partial charge >= 0.3 is 0 Å². The first-order chi connectivity index (χ1) is 7.99. The van der Waals surface area contributed by atoms with E-state index < -0.39 is 0 Å². The number of anilines is 1. The van der Waals surface area contributed by atoms with Gasteiger partial charge in [0, 0.05) is 17.3 Å². The molecule has 0 aliphatic rings. The Morgan fingerprint density at radius 2 is 2.12 bits per heavy atom. The molecular weight excluding hydrogens is 236 g/mol. The molecule has 0 spiro atoms. The van der Waals surface area contributed by atoms with Crippen LogP contribution in [0.25, 0.3) is 0 Å². The summed E-state index contributed by atoms with van der Waals surface area (Å²) in [6.07, 6.45) is 0. The summed E-state index contributed by atoms with van der Waals surface area (Å²) in [7, 11) is 0. The zero-order chi connectivity index (χ0) is 12.8. The van der Waals surface area contributed by atoms with Crippen LogP contribution in [0.4, 0.5) is 5.69 Å². The monoisotopic (exact) mass is 252 g/mol. The molecule has 1 rings (SSSR count). The number of carbonyl (C=O) groups excluding carboxylic acids is 1. The molecule has 4 heteroatoms. The largest absolute Gasteiger partial charge is 0.325 e. The van der Waals surface area contributed by atoms with Gasteiger partial charge in [-0.05, 0) is 31.5 Å². The van der Waals surface area contributed by atoms with Gasteiger partial charge < -0.3 is 10.6 Å². The van der Waals surface area contributed by atoms with Crippen LogP contribution in [-0.2, 0) is 4.79 Å². The highest BCUT2D eigenvalue weighted by molar-refractivity contribution is 6.31. The maximum Gasteiger partial charge on any atom is 0.238 e. The standard InChI is InChI=1S/C13H17ClN2O/c1-9(2)7-15-8-13(17)16-12-6-11(14)5-4-10(12)3/h4-6,15H,1,7-8H2,2-3H3,(H,16,17). The van der Waals surface area contributed by atoms with E-state index >= 15 is 0 Å². The van der Waals surface area contributed by atoms with E-state index in [4.69, 9.17) is 11.6 Å². The van der Waals surface area contributed by atoms with E-state index in [9.17, 15) is 4.79 Å². The van der Waals surface area contributed by atoms with Crippen LogP contribution < -0.4 is 10.6 Å². The summed E-state index contributed by atoms with van der Waals surface area (Å²) in [5, 5.41) is 6.42. The molecule has 1 amide bonds. The highest BCUT2D eigenvalue weighted by atomic mass is 35.5. The Bertz CT molecular complexity index is 429. The van der Waals surface area contributed by atoms with E-state index in [1.54, 1.807) is 12.1 Å². The van der Waals surface area contributed by atoms with Crippen LogP contribution in [0.2, 0.25) is 5.02 Å². The lowest BCUT2D eigenvalue weighted by Gasteiger charge is -2.09. The molecule has 92 valence electrons. The van der Waals surface area contributed by atoms with Gasteiger partial charge in [-0.3, -0.25) is 4.79 Å². The molecular formula is C13H17ClN2O. The van der Waals surface area contributed by atoms with Crippen LogP contribution in [0.1, 0.15) is 12.5 Å². The molecule has 0 bridgehead atoms. The second-order valence-electron chi connectivity index (χ2n) is 4.07. The summed E-state index contributed by atoms with van der Waals surface area (Å²) in [5.74, 6) is -0.0865. The van der Waals surface area contributed by atoms with E-state index in [1.165, 1.54) is 0 Å². The van der Waals surface area contributed by atoms with E-state index in [1.807, 2.05) is 19.9 Å². The van der Waals surface area contributed by atoms with E-state index in [2.05, 4.69) is 17.2 Å². The number of amides is 1. The van der Waals surface area contributed by atoms with Gasteiger partial charge in [-0.2, -0.15) is 0 Å². The zero-order valence-electron chi connectivity index (χ0n) is 10.1. The number of hydrogen-bond acceptors (Lipinski definition) is 2. The van der Waals surface area contributed by atoms with Crippen molar-refractivity contribution in [2.45, 2.75) is 13.8 Å². The SMILES string of the molecule is C=C(C)CNCC(=O)Nc1cc(Cl)ccc1C. The molecule has 1 aromatic carbocycles. The van der Waals surface area contributed by atoms with Crippen molar-refractivity contribution in [3.8, 4) is 0 Å². The van der Waals surface area contributed by atoms with Gasteiger partial charge in [0.25, 0.3) is 0 Å². The average molecular weight is 253 g/mol. The molecule has 2 N–H and O–H groups in total. The lowest BCUT2D eigenvalue weighted by molar-refractivity contribution is -0.115. The molecule has 0 aliphatic carbocycles. The lowest BCUT2D eigenvalue weighted by atomic mass is 10.2. The second-order valence-corrected chi connectivity index (χ2v) is 4.50. The Labute approximate surface area is 107 Å². The molecule has 0 aliphatic heterocycles. The number of carbonyl (C=O) groups is 1. The fourth-order valence-corrected chi connectivity index (χ4v) is 1.48. The van der Waals surface area contributed by atoms with Crippen LogP contribution in [0, 0.1) is 6.92 Å². The zero-order valence-corrected chi connectivity index (χ0v) is 10.9. The Kier molecular flexibility index (Phi) is 5.19. The van der Waals surface area contributed by atoms with Crippen LogP contribution in [0.15, 0.2) is 30.4 Å². The van der Waals surface area contributed by atoms with Crippen LogP contribution in [0.3, 0.4) is 0 Å². The van der Waals surface area contributed by atoms with Gasteiger partial charge in [0.1, 0.15) is 0 Å². The Hall–Kier alpha value is -1.32. The van der Waals surface area contributed by atoms with Crippen molar-refractivity contribution in [1.29, 1.82) is 0 Å². The summed E-state index contributed by atoms with van der Waals surface area (Å²) in [6, 6.07) is 5.42. The minimum Gasteiger partial charge on any atom is -0.325 e. The van der Waals surface area contributed by atoms with Crippen LogP contribution >= 0.6 is 11.6 Å². The molecule has 0 heterocycles. The Morgan fingerprint density at radius 1 is 1.41 bits per heavy atom. The van der Waals surface area contributed by atoms with Crippen molar-refractivity contribution in [3.63, 3.8) is 0 Å². The maximum atomic E-state index is 11.6. The summed E-state index contributed by atoms with van der Waals surface area (Å²) in [6.45, 7) is 8.49. The summed E-state index contributed by atoms with van der Waals surface area (Å²) in [4.78, 5) is 11.6. The first kappa shape index (κ1) is 13.7. The molecule has 3 nitrogen and oxygen atoms in total. The fourth-order valence-electron chi connectivity index (χ4n) is 1.31. The molecule has 0 radical (unpaired) electrons. The van der Waals surface area contributed by atoms with Crippen molar-refractivity contribution >= 4 is 23.2 Å². The molecule has 0 saturated heterocycles. The molecule has 0 aromatic heterocycles. The minimum absolute atomic E-state index is 0.0865. The highest BCUT2D eigenvalue weighted by Gasteiger charge is 2.04. The van der Waals surface area contributed by atoms with Crippen LogP contribution in [0.5, 0.6) is 0 Å². The number of hydrogen-bond donors (Lipinski definition) is 2. The maximum absolute atomic E-state index is 11.6. The molecule has 1 aromatic rings. The fraction of sp³-hybridized carbons (Fsp3) is 0.308. The number of nitrogens with one attached hydrogen (secondary N) is 2. The van der Waals surface area contributed by atoms with Crippen molar-refractivity contribution in [1.82, 2.24) is 5.32 Å². The summed E-state index contributed by atoms with van der Waals surface area (Å²) >= 11 is 5.87. The van der Waals surface area contributed by atoms with E-state index in [-0.39, 0.29) is 12.5 Å². The first-order valence-corrected chi connectivity index (χ1v) is 5.78. The quantitative estimate of drug-likeness (QED) is 0.792. The van der Waals surface area contributed by atoms with Gasteiger partial charge in [-0.1, -0.05) is 29.8 Å². The van der Waals surface area contributed by atoms with E-state index in [0.717, 1.165) is 16.8 Å². The van der Waals surface area contributed by atoms with Crippen molar-refractivity contribution in [2.24, 2.45) is 0 Å². The van der Waals surface area contributed by atoms with Crippen molar-refractivity contribution in [2.75, 3.05) is 18.4 Å². The lowest BCUT2D eigenvalue weighted by Crippen LogP contribution is -2.29. The average Bonchev–Trinajstić information content (AvgIpc) is 2.23. The van der Waals surface area contributed by atoms with Gasteiger partial charge in [0.15, 0.2) is 0 Å². The third-order valence-corrected chi connectivity index (χ3v) is 2.42. The first-order valence-electron chi connectivity index (χ1n) is 5.40. The predicted molar refractivity (Wildman–Crippen MR) is 72.5 cm³/mol. The number of aryl methyl sites for hydroxylation is 1. The van der Waals surface area contributed by atoms with Gasteiger partial charge in [-0.15, -0.1) is 0 Å². The van der Waals surface area contributed by atoms with Crippen molar-refractivity contribution in [3.05, 3.63) is 40.9 Å². The van der Waals surface area contributed by atoms with Crippen LogP contribution in [-0.4, -0.2) is 19.0 Å². The number of benzene rings is 1.